The van der Waals surface area contributed by atoms with E-state index in [9.17, 15) is 4.79 Å². The zero-order chi connectivity index (χ0) is 14.0. The maximum Gasteiger partial charge on any atom is 0.344 e. The van der Waals surface area contributed by atoms with Crippen LogP contribution in [0.3, 0.4) is 0 Å². The molecule has 2 aromatic rings. The molecule has 0 spiro atoms. The molecule has 2 aromatic carbocycles. The van der Waals surface area contributed by atoms with Crippen LogP contribution in [-0.2, 0) is 0 Å². The Morgan fingerprint density at radius 3 is 2.63 bits per heavy atom. The molecule has 0 atom stereocenters. The van der Waals surface area contributed by atoms with Crippen LogP contribution in [0.2, 0.25) is 0 Å². The Hall–Kier alpha value is -0.670. The first kappa shape index (κ1) is 14.7. The van der Waals surface area contributed by atoms with Crippen molar-refractivity contribution in [3.8, 4) is 5.75 Å². The molecule has 19 heavy (non-hydrogen) atoms. The molecule has 0 saturated carbocycles. The van der Waals surface area contributed by atoms with Gasteiger partial charge in [0.15, 0.2) is 0 Å². The molecule has 2 rings (SSSR count). The van der Waals surface area contributed by atoms with Crippen molar-refractivity contribution < 1.29 is 15.3 Å². The lowest BCUT2D eigenvalue weighted by molar-refractivity contribution is -0.254. The van der Waals surface area contributed by atoms with Gasteiger partial charge >= 0.3 is 5.97 Å². The molecule has 0 unspecified atom stereocenters. The number of carbonyl (C=O) groups is 1. The van der Waals surface area contributed by atoms with Crippen molar-refractivity contribution >= 4 is 56.8 Å². The first-order valence-electron chi connectivity index (χ1n) is 5.58. The molecule has 0 aliphatic heterocycles. The molecule has 0 radical (unpaired) electrons. The van der Waals surface area contributed by atoms with Gasteiger partial charge in [-0.05, 0) is 75.9 Å². The van der Waals surface area contributed by atoms with Gasteiger partial charge in [0, 0.05) is 13.2 Å². The van der Waals surface area contributed by atoms with E-state index in [1.807, 2.05) is 31.2 Å². The highest BCUT2D eigenvalue weighted by atomic mass is 127. The second-order valence-corrected chi connectivity index (χ2v) is 6.33. The molecule has 0 fully saturated rings. The van der Waals surface area contributed by atoms with E-state index in [0.717, 1.165) is 18.4 Å². The highest BCUT2D eigenvalue weighted by molar-refractivity contribution is 14.1. The zero-order valence-corrected chi connectivity index (χ0v) is 14.6. The molecule has 0 aromatic heterocycles. The summed E-state index contributed by atoms with van der Waals surface area (Å²) in [4.78, 5) is 12.3. The van der Waals surface area contributed by atoms with E-state index in [1.54, 1.807) is 12.1 Å². The van der Waals surface area contributed by atoms with E-state index in [1.165, 1.54) is 0 Å². The molecule has 3 nitrogen and oxygen atoms in total. The Balaban J connectivity index is 2.33. The van der Waals surface area contributed by atoms with Gasteiger partial charge in [0.25, 0.3) is 0 Å². The fourth-order valence-corrected chi connectivity index (χ4v) is 2.94. The highest BCUT2D eigenvalue weighted by Crippen LogP contribution is 2.24. The van der Waals surface area contributed by atoms with Crippen molar-refractivity contribution in [1.82, 2.24) is 0 Å². The van der Waals surface area contributed by atoms with Gasteiger partial charge in [-0.2, -0.15) is 0 Å². The third kappa shape index (κ3) is 3.46. The van der Waals surface area contributed by atoms with Gasteiger partial charge in [0.2, 0.25) is 0 Å². The van der Waals surface area contributed by atoms with Gasteiger partial charge < -0.3 is 10.5 Å². The first-order valence-corrected chi connectivity index (χ1v) is 7.73. The number of carbonyl (C=O) groups excluding carboxylic acids is 1. The predicted molar refractivity (Wildman–Crippen MR) is 90.6 cm³/mol. The van der Waals surface area contributed by atoms with Crippen molar-refractivity contribution in [2.75, 3.05) is 0 Å². The Morgan fingerprint density at radius 1 is 1.21 bits per heavy atom. The van der Waals surface area contributed by atoms with E-state index < -0.39 is 0 Å². The minimum Gasteiger partial charge on any atom is -0.423 e. The molecular formula is C14H12I2NO2+. The van der Waals surface area contributed by atoms with Crippen LogP contribution in [0.4, 0.5) is 5.69 Å². The summed E-state index contributed by atoms with van der Waals surface area (Å²) in [7, 11) is 0. The summed E-state index contributed by atoms with van der Waals surface area (Å²) < 4.78 is 7.38. The molecule has 0 saturated heterocycles. The molecule has 3 N–H and O–H groups in total. The number of benzene rings is 2. The minimum atomic E-state index is -0.328. The van der Waals surface area contributed by atoms with Crippen LogP contribution in [0.5, 0.6) is 5.75 Å². The maximum absolute atomic E-state index is 12.3. The minimum absolute atomic E-state index is 0.328. The van der Waals surface area contributed by atoms with E-state index in [4.69, 9.17) is 4.74 Å². The van der Waals surface area contributed by atoms with E-state index in [-0.39, 0.29) is 5.97 Å². The van der Waals surface area contributed by atoms with Gasteiger partial charge in [0.05, 0.1) is 5.56 Å². The van der Waals surface area contributed by atoms with E-state index in [0.29, 0.717) is 11.3 Å². The summed E-state index contributed by atoms with van der Waals surface area (Å²) in [6.07, 6.45) is 0. The third-order valence-electron chi connectivity index (χ3n) is 2.62. The van der Waals surface area contributed by atoms with Crippen LogP contribution in [-0.4, -0.2) is 5.97 Å². The number of quaternary nitrogens is 1. The summed E-state index contributed by atoms with van der Waals surface area (Å²) >= 11 is 4.39. The second kappa shape index (κ2) is 6.19. The van der Waals surface area contributed by atoms with E-state index in [2.05, 4.69) is 50.9 Å². The second-order valence-electron chi connectivity index (χ2n) is 4.09. The van der Waals surface area contributed by atoms with Crippen LogP contribution < -0.4 is 10.5 Å². The smallest absolute Gasteiger partial charge is 0.344 e. The fraction of sp³-hybridized carbons (Fsp3) is 0.0714. The van der Waals surface area contributed by atoms with Crippen molar-refractivity contribution in [2.24, 2.45) is 0 Å². The molecular weight excluding hydrogens is 468 g/mol. The lowest BCUT2D eigenvalue weighted by atomic mass is 10.1. The Labute approximate surface area is 138 Å². The summed E-state index contributed by atoms with van der Waals surface area (Å²) in [6, 6.07) is 11.1. The van der Waals surface area contributed by atoms with Gasteiger partial charge in [-0.15, -0.1) is 0 Å². The third-order valence-corrected chi connectivity index (χ3v) is 5.67. The monoisotopic (exact) mass is 480 g/mol. The molecule has 0 heterocycles. The number of esters is 1. The largest absolute Gasteiger partial charge is 0.423 e. The standard InChI is InChI=1S/C14H11I2NO2/c1-8-5-6-11(15)13(16)12(8)14(18)19-10-4-2-3-9(17)7-10/h2-7H,17H2,1H3/p+1. The molecule has 0 aliphatic carbocycles. The van der Waals surface area contributed by atoms with Crippen LogP contribution in [0.1, 0.15) is 15.9 Å². The van der Waals surface area contributed by atoms with Crippen LogP contribution >= 0.6 is 45.2 Å². The number of hydrogen-bond donors (Lipinski definition) is 1. The molecule has 0 amide bonds. The number of rotatable bonds is 2. The number of hydrogen-bond acceptors (Lipinski definition) is 2. The number of halogens is 2. The lowest BCUT2D eigenvalue weighted by Crippen LogP contribution is -2.39. The average molecular weight is 480 g/mol. The SMILES string of the molecule is Cc1ccc(I)c(I)c1C(=O)Oc1cccc([NH3+])c1. The summed E-state index contributed by atoms with van der Waals surface area (Å²) in [5.41, 5.74) is 6.18. The predicted octanol–water partition coefficient (Wildman–Crippen LogP) is 3.30. The molecule has 0 bridgehead atoms. The topological polar surface area (TPSA) is 53.9 Å². The van der Waals surface area contributed by atoms with Crippen LogP contribution in [0.25, 0.3) is 0 Å². The van der Waals surface area contributed by atoms with Gasteiger partial charge in [0.1, 0.15) is 11.4 Å². The van der Waals surface area contributed by atoms with Gasteiger partial charge in [-0.1, -0.05) is 12.1 Å². The summed E-state index contributed by atoms with van der Waals surface area (Å²) in [5.74, 6) is 0.192. The molecule has 98 valence electrons. The first-order chi connectivity index (χ1) is 8.99. The Morgan fingerprint density at radius 2 is 1.95 bits per heavy atom. The Bertz CT molecular complexity index is 641. The molecule has 0 aliphatic rings. The normalized spacial score (nSPS) is 10.3. The summed E-state index contributed by atoms with van der Waals surface area (Å²) in [5, 5.41) is 0. The Kier molecular flexibility index (Phi) is 4.80. The van der Waals surface area contributed by atoms with Crippen LogP contribution in [0.15, 0.2) is 36.4 Å². The van der Waals surface area contributed by atoms with Crippen molar-refractivity contribution in [3.05, 3.63) is 54.7 Å². The zero-order valence-electron chi connectivity index (χ0n) is 10.2. The van der Waals surface area contributed by atoms with Crippen molar-refractivity contribution in [3.63, 3.8) is 0 Å². The number of aryl methyl sites for hydroxylation is 1. The van der Waals surface area contributed by atoms with Gasteiger partial charge in [-0.3, -0.25) is 0 Å². The number of ether oxygens (including phenoxy) is 1. The molecule has 5 heteroatoms. The maximum atomic E-state index is 12.3. The van der Waals surface area contributed by atoms with Crippen molar-refractivity contribution in [2.45, 2.75) is 6.92 Å². The van der Waals surface area contributed by atoms with Crippen LogP contribution in [0, 0.1) is 14.1 Å². The lowest BCUT2D eigenvalue weighted by Gasteiger charge is -2.10. The fourth-order valence-electron chi connectivity index (χ4n) is 1.66. The summed E-state index contributed by atoms with van der Waals surface area (Å²) in [6.45, 7) is 1.91. The average Bonchev–Trinajstić information content (AvgIpc) is 2.34. The highest BCUT2D eigenvalue weighted by Gasteiger charge is 2.17. The van der Waals surface area contributed by atoms with E-state index >= 15 is 0 Å². The van der Waals surface area contributed by atoms with Gasteiger partial charge in [-0.25, -0.2) is 4.79 Å². The quantitative estimate of drug-likeness (QED) is 0.408. The van der Waals surface area contributed by atoms with Crippen molar-refractivity contribution in [1.29, 1.82) is 0 Å².